The van der Waals surface area contributed by atoms with Crippen molar-refractivity contribution in [1.29, 1.82) is 0 Å². The normalized spacial score (nSPS) is 20.7. The number of nitro benzene ring substituents is 1. The fraction of sp³-hybridized carbons (Fsp3) is 0.171. The number of fused-ring (bicyclic) bond motifs is 5. The SMILES string of the molecule is COc1cccc([C@H]2[C@H](C(=O)c3cccc([N+](=O)[O-])c3)N3c4ccccc4C=C[C@@H]3C23C(=O)c2ccccc2C3=O)c1OC. The lowest BCUT2D eigenvalue weighted by Gasteiger charge is -2.37. The number of ketones is 3. The maximum Gasteiger partial charge on any atom is 0.270 e. The summed E-state index contributed by atoms with van der Waals surface area (Å²) in [4.78, 5) is 57.5. The Morgan fingerprint density at radius 1 is 0.864 bits per heavy atom. The van der Waals surface area contributed by atoms with Crippen LogP contribution in [0.2, 0.25) is 0 Å². The maximum absolute atomic E-state index is 14.9. The number of anilines is 1. The zero-order chi connectivity index (χ0) is 30.7. The molecule has 9 heteroatoms. The van der Waals surface area contributed by atoms with Gasteiger partial charge in [0.2, 0.25) is 0 Å². The van der Waals surface area contributed by atoms with Gasteiger partial charge in [-0.1, -0.05) is 78.9 Å². The van der Waals surface area contributed by atoms with Crippen molar-refractivity contribution in [2.45, 2.75) is 18.0 Å². The molecule has 7 rings (SSSR count). The van der Waals surface area contributed by atoms with Crippen molar-refractivity contribution in [1.82, 2.24) is 0 Å². The van der Waals surface area contributed by atoms with Gasteiger partial charge in [-0.15, -0.1) is 0 Å². The molecule has 0 aromatic heterocycles. The number of benzene rings is 4. The summed E-state index contributed by atoms with van der Waals surface area (Å²) >= 11 is 0. The first-order valence-electron chi connectivity index (χ1n) is 14.1. The van der Waals surface area contributed by atoms with E-state index in [1.165, 1.54) is 38.5 Å². The Morgan fingerprint density at radius 2 is 1.55 bits per heavy atom. The Labute approximate surface area is 252 Å². The predicted molar refractivity (Wildman–Crippen MR) is 163 cm³/mol. The topological polar surface area (TPSA) is 116 Å². The fourth-order valence-electron chi connectivity index (χ4n) is 7.36. The number of hydrogen-bond acceptors (Lipinski definition) is 8. The van der Waals surface area contributed by atoms with Crippen molar-refractivity contribution in [3.05, 3.63) is 135 Å². The molecule has 0 unspecified atom stereocenters. The molecule has 0 radical (unpaired) electrons. The Balaban J connectivity index is 1.58. The van der Waals surface area contributed by atoms with E-state index >= 15 is 0 Å². The summed E-state index contributed by atoms with van der Waals surface area (Å²) in [6.07, 6.45) is 3.70. The number of non-ortho nitro benzene ring substituents is 1. The number of nitro groups is 1. The van der Waals surface area contributed by atoms with E-state index in [1.54, 1.807) is 42.5 Å². The van der Waals surface area contributed by atoms with E-state index in [0.717, 1.165) is 5.56 Å². The second-order valence-electron chi connectivity index (χ2n) is 11.0. The van der Waals surface area contributed by atoms with Crippen molar-refractivity contribution >= 4 is 34.8 Å². The van der Waals surface area contributed by atoms with Crippen LogP contribution in [-0.4, -0.2) is 48.6 Å². The Morgan fingerprint density at radius 3 is 2.23 bits per heavy atom. The molecule has 218 valence electrons. The van der Waals surface area contributed by atoms with Crippen molar-refractivity contribution in [2.75, 3.05) is 19.1 Å². The van der Waals surface area contributed by atoms with Gasteiger partial charge in [-0.3, -0.25) is 24.5 Å². The van der Waals surface area contributed by atoms with Gasteiger partial charge in [-0.05, 0) is 17.7 Å². The van der Waals surface area contributed by atoms with Gasteiger partial charge in [-0.25, -0.2) is 0 Å². The van der Waals surface area contributed by atoms with E-state index in [-0.39, 0.29) is 22.8 Å². The highest BCUT2D eigenvalue weighted by molar-refractivity contribution is 6.32. The van der Waals surface area contributed by atoms with Crippen LogP contribution < -0.4 is 14.4 Å². The third-order valence-corrected chi connectivity index (χ3v) is 9.09. The minimum atomic E-state index is -1.76. The molecule has 1 spiro atoms. The molecule has 4 aromatic rings. The zero-order valence-corrected chi connectivity index (χ0v) is 23.8. The molecule has 2 heterocycles. The van der Waals surface area contributed by atoms with E-state index in [4.69, 9.17) is 9.47 Å². The quantitative estimate of drug-likeness (QED) is 0.118. The van der Waals surface area contributed by atoms with E-state index in [2.05, 4.69) is 0 Å². The summed E-state index contributed by atoms with van der Waals surface area (Å²) < 4.78 is 11.5. The van der Waals surface area contributed by atoms with E-state index < -0.39 is 34.1 Å². The van der Waals surface area contributed by atoms with Gasteiger partial charge in [0.05, 0.1) is 25.2 Å². The number of Topliss-reactive ketones (excluding diaryl/α,β-unsaturated/α-hetero) is 3. The average Bonchev–Trinajstić information content (AvgIpc) is 3.49. The van der Waals surface area contributed by atoms with Crippen molar-refractivity contribution in [2.24, 2.45) is 5.41 Å². The monoisotopic (exact) mass is 586 g/mol. The number of carbonyl (C=O) groups excluding carboxylic acids is 3. The molecule has 3 aliphatic rings. The van der Waals surface area contributed by atoms with Crippen LogP contribution in [-0.2, 0) is 0 Å². The number of para-hydroxylation sites is 2. The standard InChI is InChI=1S/C35H26N2O7/c1-43-27-16-8-14-25(32(27)44-2)29-30(31(38)21-10-7-11-22(19-21)37(41)42)36-26-15-6-3-9-20(26)17-18-28(36)35(29)33(39)23-12-4-5-13-24(23)34(35)40/h3-19,28-30H,1-2H3/t28-,29+,30-/m1/s1. The highest BCUT2D eigenvalue weighted by atomic mass is 16.6. The van der Waals surface area contributed by atoms with Crippen molar-refractivity contribution in [3.63, 3.8) is 0 Å². The van der Waals surface area contributed by atoms with E-state index in [9.17, 15) is 24.5 Å². The lowest BCUT2D eigenvalue weighted by atomic mass is 9.64. The number of ether oxygens (including phenoxy) is 2. The van der Waals surface area contributed by atoms with Crippen molar-refractivity contribution in [3.8, 4) is 11.5 Å². The minimum absolute atomic E-state index is 0.0920. The number of nitrogens with zero attached hydrogens (tertiary/aromatic N) is 2. The molecule has 2 aliphatic heterocycles. The van der Waals surface area contributed by atoms with Gasteiger partial charge >= 0.3 is 0 Å². The van der Waals surface area contributed by atoms with Crippen LogP contribution in [0.4, 0.5) is 11.4 Å². The smallest absolute Gasteiger partial charge is 0.270 e. The summed E-state index contributed by atoms with van der Waals surface area (Å²) in [7, 11) is 2.96. The van der Waals surface area contributed by atoms with E-state index in [1.807, 2.05) is 41.3 Å². The highest BCUT2D eigenvalue weighted by Gasteiger charge is 2.72. The third kappa shape index (κ3) is 3.55. The molecular formula is C35H26N2O7. The first-order chi connectivity index (χ1) is 21.3. The first-order valence-corrected chi connectivity index (χ1v) is 14.1. The molecule has 1 saturated heterocycles. The summed E-state index contributed by atoms with van der Waals surface area (Å²) in [6, 6.07) is 22.9. The van der Waals surface area contributed by atoms with Crippen LogP contribution in [0.15, 0.2) is 97.1 Å². The lowest BCUT2D eigenvalue weighted by molar-refractivity contribution is -0.384. The molecule has 0 N–H and O–H groups in total. The Bertz CT molecular complexity index is 1890. The predicted octanol–water partition coefficient (Wildman–Crippen LogP) is 5.93. The second-order valence-corrected chi connectivity index (χ2v) is 11.0. The van der Waals surface area contributed by atoms with Gasteiger partial charge < -0.3 is 14.4 Å². The maximum atomic E-state index is 14.9. The van der Waals surface area contributed by atoms with Crippen LogP contribution in [0, 0.1) is 15.5 Å². The van der Waals surface area contributed by atoms with Gasteiger partial charge in [0.15, 0.2) is 28.8 Å². The molecular weight excluding hydrogens is 560 g/mol. The molecule has 1 fully saturated rings. The molecule has 9 nitrogen and oxygen atoms in total. The molecule has 4 aromatic carbocycles. The van der Waals surface area contributed by atoms with Crippen molar-refractivity contribution < 1.29 is 28.8 Å². The van der Waals surface area contributed by atoms with Gasteiger partial charge in [0.25, 0.3) is 5.69 Å². The molecule has 44 heavy (non-hydrogen) atoms. The number of methoxy groups -OCH3 is 2. The lowest BCUT2D eigenvalue weighted by Crippen LogP contribution is -2.48. The highest BCUT2D eigenvalue weighted by Crippen LogP contribution is 2.62. The molecule has 0 saturated carbocycles. The van der Waals surface area contributed by atoms with Crippen LogP contribution >= 0.6 is 0 Å². The minimum Gasteiger partial charge on any atom is -0.493 e. The zero-order valence-electron chi connectivity index (χ0n) is 23.8. The number of carbonyl (C=O) groups is 3. The van der Waals surface area contributed by atoms with Gasteiger partial charge in [0.1, 0.15) is 11.5 Å². The summed E-state index contributed by atoms with van der Waals surface area (Å²) in [5.74, 6) is -1.63. The molecule has 0 amide bonds. The average molecular weight is 587 g/mol. The largest absolute Gasteiger partial charge is 0.493 e. The molecule has 3 atom stereocenters. The summed E-state index contributed by atoms with van der Waals surface area (Å²) in [5, 5.41) is 11.7. The van der Waals surface area contributed by atoms with Crippen LogP contribution in [0.1, 0.15) is 48.1 Å². The van der Waals surface area contributed by atoms with Gasteiger partial charge in [0, 0.05) is 46.0 Å². The first kappa shape index (κ1) is 27.3. The fourth-order valence-corrected chi connectivity index (χ4v) is 7.36. The molecule has 0 bridgehead atoms. The second kappa shape index (κ2) is 10.0. The van der Waals surface area contributed by atoms with Crippen LogP contribution in [0.25, 0.3) is 6.08 Å². The third-order valence-electron chi connectivity index (χ3n) is 9.09. The number of rotatable bonds is 6. The Hall–Kier alpha value is -5.57. The number of hydrogen-bond donors (Lipinski definition) is 0. The van der Waals surface area contributed by atoms with E-state index in [0.29, 0.717) is 33.9 Å². The van der Waals surface area contributed by atoms with Gasteiger partial charge in [-0.2, -0.15) is 0 Å². The van der Waals surface area contributed by atoms with Crippen LogP contribution in [0.3, 0.4) is 0 Å². The Kier molecular flexibility index (Phi) is 6.21. The molecule has 1 aliphatic carbocycles. The summed E-state index contributed by atoms with van der Waals surface area (Å²) in [5.41, 5.74) is 0.609. The summed E-state index contributed by atoms with van der Waals surface area (Å²) in [6.45, 7) is 0. The van der Waals surface area contributed by atoms with Crippen LogP contribution in [0.5, 0.6) is 11.5 Å².